The van der Waals surface area contributed by atoms with Crippen molar-refractivity contribution in [1.29, 1.82) is 0 Å². The summed E-state index contributed by atoms with van der Waals surface area (Å²) in [4.78, 5) is 15.1. The van der Waals surface area contributed by atoms with Crippen molar-refractivity contribution in [3.05, 3.63) is 42.2 Å². The summed E-state index contributed by atoms with van der Waals surface area (Å²) in [7, 11) is -5.60. The Morgan fingerprint density at radius 2 is 1.81 bits per heavy atom. The van der Waals surface area contributed by atoms with E-state index in [1.54, 1.807) is 0 Å². The van der Waals surface area contributed by atoms with Gasteiger partial charge in [0.1, 0.15) is 5.76 Å². The molecule has 7 nitrogen and oxygen atoms in total. The number of benzene rings is 1. The van der Waals surface area contributed by atoms with Gasteiger partial charge >= 0.3 is 15.5 Å². The summed E-state index contributed by atoms with van der Waals surface area (Å²) in [6.07, 6.45) is 2.04. The molecule has 2 aromatic rings. The number of nitrogens with zero attached hydrogens (tertiary/aromatic N) is 1. The van der Waals surface area contributed by atoms with Gasteiger partial charge in [-0.05, 0) is 63.0 Å². The highest BCUT2D eigenvalue weighted by atomic mass is 32.2. The van der Waals surface area contributed by atoms with Crippen LogP contribution in [-0.4, -0.2) is 49.9 Å². The van der Waals surface area contributed by atoms with Crippen molar-refractivity contribution < 1.29 is 30.8 Å². The van der Waals surface area contributed by atoms with Crippen LogP contribution in [0.2, 0.25) is 0 Å². The minimum absolute atomic E-state index is 0.00516. The lowest BCUT2D eigenvalue weighted by molar-refractivity contribution is -0.0429. The van der Waals surface area contributed by atoms with Crippen molar-refractivity contribution in [1.82, 2.24) is 10.2 Å². The number of para-hydroxylation sites is 1. The number of rotatable bonds is 5. The lowest BCUT2D eigenvalue weighted by atomic mass is 9.79. The van der Waals surface area contributed by atoms with Crippen LogP contribution in [0.5, 0.6) is 0 Å². The van der Waals surface area contributed by atoms with E-state index in [0.29, 0.717) is 5.92 Å². The van der Waals surface area contributed by atoms with Gasteiger partial charge in [0.15, 0.2) is 5.76 Å². The van der Waals surface area contributed by atoms with E-state index < -0.39 is 21.4 Å². The number of carbonyl (C=O) groups excluding carboxylic acids is 1. The SMILES string of the molecule is CC1C(NC(=O)c2ccc(-c3ccccc3NS(=O)(=O)C(F)(F)F)o2)C2CCN1CC2. The zero-order valence-corrected chi connectivity index (χ0v) is 17.5. The summed E-state index contributed by atoms with van der Waals surface area (Å²) < 4.78 is 68.4. The van der Waals surface area contributed by atoms with Crippen LogP contribution in [0.1, 0.15) is 30.3 Å². The fraction of sp³-hybridized carbons (Fsp3) is 0.450. The van der Waals surface area contributed by atoms with E-state index in [1.807, 2.05) is 0 Å². The zero-order chi connectivity index (χ0) is 22.4. The van der Waals surface area contributed by atoms with E-state index >= 15 is 0 Å². The van der Waals surface area contributed by atoms with Crippen LogP contribution in [0.25, 0.3) is 11.3 Å². The molecule has 11 heteroatoms. The molecule has 1 amide bonds. The Hall–Kier alpha value is -2.53. The smallest absolute Gasteiger partial charge is 0.451 e. The first kappa shape index (κ1) is 21.7. The number of sulfonamides is 1. The third-order valence-electron chi connectivity index (χ3n) is 6.05. The van der Waals surface area contributed by atoms with Crippen LogP contribution in [-0.2, 0) is 10.0 Å². The molecule has 4 heterocycles. The third-order valence-corrected chi connectivity index (χ3v) is 7.14. The van der Waals surface area contributed by atoms with Gasteiger partial charge in [0.2, 0.25) is 0 Å². The molecular formula is C20H22F3N3O4S. The Morgan fingerprint density at radius 3 is 2.45 bits per heavy atom. The highest BCUT2D eigenvalue weighted by Gasteiger charge is 2.46. The number of halogens is 3. The average molecular weight is 457 g/mol. The number of fused-ring (bicyclic) bond motifs is 3. The maximum absolute atomic E-state index is 12.8. The summed E-state index contributed by atoms with van der Waals surface area (Å²) in [6, 6.07) is 8.57. The lowest BCUT2D eigenvalue weighted by Crippen LogP contribution is -2.62. The highest BCUT2D eigenvalue weighted by Crippen LogP contribution is 2.34. The predicted octanol–water partition coefficient (Wildman–Crippen LogP) is 3.42. The molecule has 3 saturated heterocycles. The van der Waals surface area contributed by atoms with Crippen LogP contribution >= 0.6 is 0 Å². The molecule has 3 aliphatic heterocycles. The van der Waals surface area contributed by atoms with Gasteiger partial charge in [-0.1, -0.05) is 12.1 Å². The topological polar surface area (TPSA) is 91.7 Å². The molecule has 2 unspecified atom stereocenters. The van der Waals surface area contributed by atoms with Crippen molar-refractivity contribution in [2.75, 3.05) is 17.8 Å². The van der Waals surface area contributed by atoms with Gasteiger partial charge in [0.05, 0.1) is 5.69 Å². The second-order valence-electron chi connectivity index (χ2n) is 7.87. The van der Waals surface area contributed by atoms with E-state index in [-0.39, 0.29) is 34.9 Å². The Balaban J connectivity index is 1.54. The third kappa shape index (κ3) is 4.16. The molecule has 0 radical (unpaired) electrons. The summed E-state index contributed by atoms with van der Waals surface area (Å²) in [5.41, 5.74) is -5.67. The van der Waals surface area contributed by atoms with Crippen molar-refractivity contribution in [3.63, 3.8) is 0 Å². The van der Waals surface area contributed by atoms with Gasteiger partial charge in [0, 0.05) is 17.6 Å². The second kappa shape index (κ2) is 7.86. The molecule has 2 atom stereocenters. The second-order valence-corrected chi connectivity index (χ2v) is 9.55. The number of alkyl halides is 3. The standard InChI is InChI=1S/C20H22F3N3O4S/c1-12-18(13-8-10-26(12)11-9-13)24-19(27)17-7-6-16(30-17)14-4-2-3-5-15(14)25-31(28,29)20(21,22)23/h2-7,12-13,18,25H,8-11H2,1H3,(H,24,27). The normalized spacial score (nSPS) is 25.9. The van der Waals surface area contributed by atoms with E-state index in [1.165, 1.54) is 41.1 Å². The number of hydrogen-bond donors (Lipinski definition) is 2. The summed E-state index contributed by atoms with van der Waals surface area (Å²) >= 11 is 0. The lowest BCUT2D eigenvalue weighted by Gasteiger charge is -2.49. The quantitative estimate of drug-likeness (QED) is 0.718. The van der Waals surface area contributed by atoms with Crippen LogP contribution < -0.4 is 10.0 Å². The number of carbonyl (C=O) groups is 1. The van der Waals surface area contributed by atoms with Crippen molar-refractivity contribution in [2.45, 2.75) is 37.4 Å². The molecule has 31 heavy (non-hydrogen) atoms. The van der Waals surface area contributed by atoms with Crippen LogP contribution in [0, 0.1) is 5.92 Å². The van der Waals surface area contributed by atoms with Gasteiger partial charge < -0.3 is 9.73 Å². The van der Waals surface area contributed by atoms with E-state index in [0.717, 1.165) is 25.9 Å². The van der Waals surface area contributed by atoms with E-state index in [9.17, 15) is 26.4 Å². The van der Waals surface area contributed by atoms with Gasteiger partial charge in [-0.3, -0.25) is 14.4 Å². The van der Waals surface area contributed by atoms with Crippen molar-refractivity contribution >= 4 is 21.6 Å². The molecule has 0 spiro atoms. The maximum atomic E-state index is 12.8. The number of amides is 1. The van der Waals surface area contributed by atoms with Crippen molar-refractivity contribution in [2.24, 2.45) is 5.92 Å². The Labute approximate surface area is 177 Å². The molecule has 5 rings (SSSR count). The fourth-order valence-corrected chi connectivity index (χ4v) is 4.95. The van der Waals surface area contributed by atoms with E-state index in [2.05, 4.69) is 17.1 Å². The van der Waals surface area contributed by atoms with E-state index in [4.69, 9.17) is 4.42 Å². The van der Waals surface area contributed by atoms with Gasteiger partial charge in [-0.25, -0.2) is 0 Å². The largest absolute Gasteiger partial charge is 0.516 e. The highest BCUT2D eigenvalue weighted by molar-refractivity contribution is 7.93. The molecule has 3 aliphatic rings. The average Bonchev–Trinajstić information content (AvgIpc) is 3.20. The number of furan rings is 1. The van der Waals surface area contributed by atoms with Crippen LogP contribution in [0.4, 0.5) is 18.9 Å². The first-order valence-electron chi connectivity index (χ1n) is 9.90. The number of piperidine rings is 3. The molecule has 0 saturated carbocycles. The summed E-state index contributed by atoms with van der Waals surface area (Å²) in [5.74, 6) is 0.0702. The Morgan fingerprint density at radius 1 is 1.13 bits per heavy atom. The number of nitrogens with one attached hydrogen (secondary N) is 2. The number of hydrogen-bond acceptors (Lipinski definition) is 5. The Bertz CT molecular complexity index is 1070. The molecule has 1 aromatic carbocycles. The minimum Gasteiger partial charge on any atom is -0.451 e. The van der Waals surface area contributed by atoms with Gasteiger partial charge in [-0.2, -0.15) is 21.6 Å². The van der Waals surface area contributed by atoms with Crippen LogP contribution in [0.3, 0.4) is 0 Å². The predicted molar refractivity (Wildman–Crippen MR) is 108 cm³/mol. The van der Waals surface area contributed by atoms with Gasteiger partial charge in [-0.15, -0.1) is 0 Å². The summed E-state index contributed by atoms with van der Waals surface area (Å²) in [5, 5.41) is 3.02. The molecule has 2 bridgehead atoms. The zero-order valence-electron chi connectivity index (χ0n) is 16.6. The first-order chi connectivity index (χ1) is 14.6. The molecule has 3 fully saturated rings. The maximum Gasteiger partial charge on any atom is 0.516 e. The molecule has 168 valence electrons. The first-order valence-corrected chi connectivity index (χ1v) is 11.4. The van der Waals surface area contributed by atoms with Crippen molar-refractivity contribution in [3.8, 4) is 11.3 Å². The minimum atomic E-state index is -5.60. The molecular weight excluding hydrogens is 435 g/mol. The molecule has 1 aromatic heterocycles. The fourth-order valence-electron chi connectivity index (χ4n) is 4.36. The number of anilines is 1. The summed E-state index contributed by atoms with van der Waals surface area (Å²) in [6.45, 7) is 4.12. The van der Waals surface area contributed by atoms with Gasteiger partial charge in [0.25, 0.3) is 5.91 Å². The molecule has 0 aliphatic carbocycles. The van der Waals surface area contributed by atoms with Crippen LogP contribution in [0.15, 0.2) is 40.8 Å². The molecule has 2 N–H and O–H groups in total. The monoisotopic (exact) mass is 457 g/mol. The Kier molecular flexibility index (Phi) is 5.50.